The van der Waals surface area contributed by atoms with Crippen molar-refractivity contribution in [3.63, 3.8) is 0 Å². The number of nitro groups is 1. The molecular formula is C24H24N2O7. The van der Waals surface area contributed by atoms with Gasteiger partial charge in [0.25, 0.3) is 5.69 Å². The van der Waals surface area contributed by atoms with E-state index in [9.17, 15) is 29.3 Å². The summed E-state index contributed by atoms with van der Waals surface area (Å²) in [7, 11) is 0. The van der Waals surface area contributed by atoms with Gasteiger partial charge in [-0.2, -0.15) is 0 Å². The predicted octanol–water partition coefficient (Wildman–Crippen LogP) is 2.69. The predicted molar refractivity (Wildman–Crippen MR) is 114 cm³/mol. The zero-order valence-electron chi connectivity index (χ0n) is 17.9. The van der Waals surface area contributed by atoms with Gasteiger partial charge in [-0.05, 0) is 56.1 Å². The molecule has 1 aromatic carbocycles. The molecule has 2 amide bonds. The number of hydrogen-bond donors (Lipinski definition) is 0. The molecule has 2 bridgehead atoms. The lowest BCUT2D eigenvalue weighted by molar-refractivity contribution is -0.384. The van der Waals surface area contributed by atoms with E-state index in [1.807, 2.05) is 0 Å². The Labute approximate surface area is 189 Å². The Hall–Kier alpha value is -3.36. The maximum atomic E-state index is 13.0. The Bertz CT molecular complexity index is 1030. The molecule has 0 radical (unpaired) electrons. The molecule has 2 saturated carbocycles. The number of nitrogens with zero attached hydrogens (tertiary/aromatic N) is 2. The minimum absolute atomic E-state index is 0.0541. The first-order valence-electron chi connectivity index (χ1n) is 11.3. The van der Waals surface area contributed by atoms with Gasteiger partial charge in [-0.3, -0.25) is 34.2 Å². The molecule has 172 valence electrons. The summed E-state index contributed by atoms with van der Waals surface area (Å²) in [4.78, 5) is 62.3. The average Bonchev–Trinajstić information content (AvgIpc) is 3.51. The van der Waals surface area contributed by atoms with Gasteiger partial charge >= 0.3 is 5.97 Å². The van der Waals surface area contributed by atoms with Crippen LogP contribution in [0.15, 0.2) is 36.4 Å². The molecular weight excluding hydrogens is 428 g/mol. The van der Waals surface area contributed by atoms with Crippen LogP contribution in [-0.4, -0.2) is 46.0 Å². The second kappa shape index (κ2) is 8.20. The van der Waals surface area contributed by atoms with E-state index in [0.717, 1.165) is 6.42 Å². The molecule has 1 aromatic rings. The Balaban J connectivity index is 1.12. The van der Waals surface area contributed by atoms with Crippen LogP contribution >= 0.6 is 0 Å². The number of non-ortho nitro benzene ring substituents is 1. The number of hydrogen-bond acceptors (Lipinski definition) is 7. The molecule has 9 nitrogen and oxygen atoms in total. The van der Waals surface area contributed by atoms with Crippen molar-refractivity contribution in [1.82, 2.24) is 4.90 Å². The van der Waals surface area contributed by atoms with Gasteiger partial charge in [-0.15, -0.1) is 0 Å². The quantitative estimate of drug-likeness (QED) is 0.162. The molecule has 0 aromatic heterocycles. The van der Waals surface area contributed by atoms with Crippen LogP contribution in [0.5, 0.6) is 0 Å². The first kappa shape index (κ1) is 21.5. The number of carbonyl (C=O) groups is 4. The van der Waals surface area contributed by atoms with Crippen LogP contribution in [0.2, 0.25) is 0 Å². The molecule has 3 fully saturated rings. The van der Waals surface area contributed by atoms with Gasteiger partial charge < -0.3 is 4.74 Å². The van der Waals surface area contributed by atoms with E-state index in [2.05, 4.69) is 12.2 Å². The number of rotatable bonds is 6. The van der Waals surface area contributed by atoms with Crippen LogP contribution in [0.3, 0.4) is 0 Å². The molecule has 5 rings (SSSR count). The number of carbonyl (C=O) groups excluding carboxylic acids is 4. The fourth-order valence-corrected chi connectivity index (χ4v) is 5.96. The summed E-state index contributed by atoms with van der Waals surface area (Å²) in [5, 5.41) is 10.7. The third-order valence-corrected chi connectivity index (χ3v) is 7.65. The minimum Gasteiger partial charge on any atom is -0.457 e. The summed E-state index contributed by atoms with van der Waals surface area (Å²) in [6.45, 7) is -0.432. The highest BCUT2D eigenvalue weighted by Crippen LogP contribution is 2.53. The zero-order valence-corrected chi connectivity index (χ0v) is 17.9. The van der Waals surface area contributed by atoms with Crippen LogP contribution in [0.25, 0.3) is 0 Å². The molecule has 4 atom stereocenters. The molecule has 0 N–H and O–H groups in total. The lowest BCUT2D eigenvalue weighted by atomic mass is 9.85. The van der Waals surface area contributed by atoms with Crippen LogP contribution in [-0.2, 0) is 19.1 Å². The van der Waals surface area contributed by atoms with Crippen molar-refractivity contribution in [2.75, 3.05) is 6.61 Å². The Kier molecular flexibility index (Phi) is 5.34. The number of fused-ring (bicyclic) bond motifs is 5. The fraction of sp³-hybridized carbons (Fsp3) is 0.500. The summed E-state index contributed by atoms with van der Waals surface area (Å²) < 4.78 is 5.20. The standard InChI is InChI=1S/C24H24N2O7/c27-19(13-3-9-18(10-4-13)26(31)32)12-33-24(30)14-5-7-17(8-6-14)25-22(28)20-15-1-2-16(11-15)21(20)23(25)29/h1-4,9-10,14-17,20-21H,5-8,11-12H2/t14?,15-,16-,17?,20-,21+/m0/s1. The molecule has 1 aliphatic heterocycles. The number of Topliss-reactive ketones (excluding diaryl/α,β-unsaturated/α-hetero) is 1. The van der Waals surface area contributed by atoms with Gasteiger partial charge in [0.15, 0.2) is 12.4 Å². The van der Waals surface area contributed by atoms with E-state index in [1.54, 1.807) is 0 Å². The molecule has 0 unspecified atom stereocenters. The van der Waals surface area contributed by atoms with E-state index in [0.29, 0.717) is 25.7 Å². The second-order valence-electron chi connectivity index (χ2n) is 9.39. The molecule has 1 saturated heterocycles. The number of nitro benzene ring substituents is 1. The Morgan fingerprint density at radius 2 is 1.55 bits per heavy atom. The van der Waals surface area contributed by atoms with Gasteiger partial charge in [-0.25, -0.2) is 0 Å². The van der Waals surface area contributed by atoms with Crippen molar-refractivity contribution in [2.45, 2.75) is 38.1 Å². The highest BCUT2D eigenvalue weighted by Gasteiger charge is 2.60. The Morgan fingerprint density at radius 1 is 0.970 bits per heavy atom. The topological polar surface area (TPSA) is 124 Å². The average molecular weight is 452 g/mol. The van der Waals surface area contributed by atoms with Gasteiger partial charge in [0.1, 0.15) is 0 Å². The van der Waals surface area contributed by atoms with Crippen molar-refractivity contribution in [3.05, 3.63) is 52.1 Å². The number of ether oxygens (including phenoxy) is 1. The fourth-order valence-electron chi connectivity index (χ4n) is 5.96. The summed E-state index contributed by atoms with van der Waals surface area (Å²) in [6, 6.07) is 4.95. The highest BCUT2D eigenvalue weighted by atomic mass is 16.6. The summed E-state index contributed by atoms with van der Waals surface area (Å²) >= 11 is 0. The first-order valence-corrected chi connectivity index (χ1v) is 11.3. The van der Waals surface area contributed by atoms with E-state index in [1.165, 1.54) is 29.2 Å². The number of imide groups is 1. The van der Waals surface area contributed by atoms with E-state index >= 15 is 0 Å². The third-order valence-electron chi connectivity index (χ3n) is 7.65. The molecule has 9 heteroatoms. The number of amides is 2. The number of allylic oxidation sites excluding steroid dienone is 2. The van der Waals surface area contributed by atoms with Crippen molar-refractivity contribution >= 4 is 29.3 Å². The summed E-state index contributed by atoms with van der Waals surface area (Å²) in [6.07, 6.45) is 7.14. The highest BCUT2D eigenvalue weighted by molar-refractivity contribution is 6.06. The SMILES string of the molecule is O=C(COC(=O)C1CCC(N2C(=O)[C@@H]3[C@H](C2=O)[C@H]2C=C[C@H]3C2)CC1)c1ccc([N+](=O)[O-])cc1. The Morgan fingerprint density at radius 3 is 2.09 bits per heavy atom. The molecule has 33 heavy (non-hydrogen) atoms. The summed E-state index contributed by atoms with van der Waals surface area (Å²) in [5.41, 5.74) is 0.111. The first-order chi connectivity index (χ1) is 15.8. The van der Waals surface area contributed by atoms with E-state index in [4.69, 9.17) is 4.74 Å². The normalized spacial score (nSPS) is 32.2. The maximum Gasteiger partial charge on any atom is 0.309 e. The number of esters is 1. The van der Waals surface area contributed by atoms with Crippen LogP contribution in [0.1, 0.15) is 42.5 Å². The van der Waals surface area contributed by atoms with Gasteiger partial charge in [0.2, 0.25) is 11.8 Å². The number of ketones is 1. The maximum absolute atomic E-state index is 13.0. The van der Waals surface area contributed by atoms with Gasteiger partial charge in [0.05, 0.1) is 22.7 Å². The molecule has 1 heterocycles. The molecule has 4 aliphatic rings. The smallest absolute Gasteiger partial charge is 0.309 e. The van der Waals surface area contributed by atoms with Crippen LogP contribution < -0.4 is 0 Å². The van der Waals surface area contributed by atoms with E-state index < -0.39 is 23.3 Å². The number of likely N-dealkylation sites (tertiary alicyclic amines) is 1. The zero-order chi connectivity index (χ0) is 23.3. The lowest BCUT2D eigenvalue weighted by Crippen LogP contribution is -2.44. The van der Waals surface area contributed by atoms with Crippen molar-refractivity contribution in [3.8, 4) is 0 Å². The molecule has 3 aliphatic carbocycles. The van der Waals surface area contributed by atoms with Crippen molar-refractivity contribution in [2.24, 2.45) is 29.6 Å². The third kappa shape index (κ3) is 3.65. The van der Waals surface area contributed by atoms with Crippen molar-refractivity contribution in [1.29, 1.82) is 0 Å². The van der Waals surface area contributed by atoms with Gasteiger partial charge in [-0.1, -0.05) is 12.2 Å². The van der Waals surface area contributed by atoms with Crippen molar-refractivity contribution < 1.29 is 28.8 Å². The minimum atomic E-state index is -0.554. The number of benzene rings is 1. The van der Waals surface area contributed by atoms with Crippen LogP contribution in [0, 0.1) is 39.7 Å². The molecule has 0 spiro atoms. The monoisotopic (exact) mass is 452 g/mol. The lowest BCUT2D eigenvalue weighted by Gasteiger charge is -2.33. The van der Waals surface area contributed by atoms with Gasteiger partial charge in [0, 0.05) is 23.7 Å². The summed E-state index contributed by atoms with van der Waals surface area (Å²) in [5.74, 6) is -1.44. The second-order valence-corrected chi connectivity index (χ2v) is 9.39. The largest absolute Gasteiger partial charge is 0.457 e. The van der Waals surface area contributed by atoms with E-state index in [-0.39, 0.29) is 58.7 Å². The van der Waals surface area contributed by atoms with Crippen LogP contribution in [0.4, 0.5) is 5.69 Å².